The fourth-order valence-electron chi connectivity index (χ4n) is 4.56. The molecule has 2 atom stereocenters. The summed E-state index contributed by atoms with van der Waals surface area (Å²) in [7, 11) is 8.50. The molecule has 0 radical (unpaired) electrons. The van der Waals surface area contributed by atoms with Crippen molar-refractivity contribution in [3.8, 4) is 0 Å². The molecule has 1 aliphatic rings. The number of benzene rings is 2. The van der Waals surface area contributed by atoms with Gasteiger partial charge in [-0.05, 0) is 61.1 Å². The van der Waals surface area contributed by atoms with Gasteiger partial charge in [-0.25, -0.2) is 9.18 Å². The lowest BCUT2D eigenvalue weighted by molar-refractivity contribution is -0.849. The monoisotopic (exact) mass is 774 g/mol. The van der Waals surface area contributed by atoms with Crippen molar-refractivity contribution in [2.45, 2.75) is 68.8 Å². The first-order chi connectivity index (χ1) is 21.1. The second kappa shape index (κ2) is 17.6. The van der Waals surface area contributed by atoms with Gasteiger partial charge < -0.3 is 32.4 Å². The molecule has 1 saturated heterocycles. The van der Waals surface area contributed by atoms with Gasteiger partial charge in [0.25, 0.3) is 0 Å². The smallest absolute Gasteiger partial charge is 0.416 e. The van der Waals surface area contributed by atoms with E-state index in [0.717, 1.165) is 4.48 Å². The Bertz CT molecular complexity index is 1310. The summed E-state index contributed by atoms with van der Waals surface area (Å²) in [5, 5.41) is 4.44. The minimum atomic E-state index is -5.08. The second-order valence-electron chi connectivity index (χ2n) is 13.5. The summed E-state index contributed by atoms with van der Waals surface area (Å²) < 4.78 is 92.9. The lowest BCUT2D eigenvalue weighted by Gasteiger charge is -2.41. The Hall–Kier alpha value is -2.19. The van der Waals surface area contributed by atoms with Crippen molar-refractivity contribution in [2.75, 3.05) is 40.1 Å². The summed E-state index contributed by atoms with van der Waals surface area (Å²) in [4.78, 5) is 28.1. The van der Waals surface area contributed by atoms with Crippen molar-refractivity contribution in [2.24, 2.45) is 5.41 Å². The molecule has 6 nitrogen and oxygen atoms in total. The summed E-state index contributed by atoms with van der Waals surface area (Å²) >= 11 is 14.4. The normalized spacial score (nSPS) is 17.3. The van der Waals surface area contributed by atoms with E-state index in [9.17, 15) is 40.3 Å². The zero-order chi connectivity index (χ0) is 36.8. The van der Waals surface area contributed by atoms with Crippen LogP contribution in [0, 0.1) is 11.2 Å². The van der Waals surface area contributed by atoms with E-state index < -0.39 is 68.2 Å². The minimum absolute atomic E-state index is 0. The maximum Gasteiger partial charge on any atom is 0.416 e. The van der Waals surface area contributed by atoms with Crippen molar-refractivity contribution in [3.05, 3.63) is 65.0 Å². The number of quaternary nitrogens is 1. The number of amides is 3. The number of nitrogens with zero attached hydrogens (tertiary/aromatic N) is 2. The predicted octanol–water partition coefficient (Wildman–Crippen LogP) is 6.25. The van der Waals surface area contributed by atoms with Gasteiger partial charge in [0, 0.05) is 12.2 Å². The molecule has 17 heteroatoms. The number of anilines is 1. The predicted molar refractivity (Wildman–Crippen MR) is 172 cm³/mol. The Kier molecular flexibility index (Phi) is 16.8. The number of alkyl halides is 9. The molecule has 0 saturated carbocycles. The third kappa shape index (κ3) is 15.1. The van der Waals surface area contributed by atoms with Crippen LogP contribution in [-0.4, -0.2) is 66.4 Å². The van der Waals surface area contributed by atoms with Gasteiger partial charge in [0.05, 0.1) is 44.9 Å². The zero-order valence-corrected chi connectivity index (χ0v) is 30.7. The molecule has 48 heavy (non-hydrogen) atoms. The molecule has 2 N–H and O–H groups in total. The highest BCUT2D eigenvalue weighted by molar-refractivity contribution is 6.63. The number of urea groups is 1. The molecule has 1 heterocycles. The van der Waals surface area contributed by atoms with E-state index in [4.69, 9.17) is 34.8 Å². The van der Waals surface area contributed by atoms with Crippen molar-refractivity contribution in [3.63, 3.8) is 0 Å². The molecule has 0 aromatic heterocycles. The third-order valence-corrected chi connectivity index (χ3v) is 6.61. The van der Waals surface area contributed by atoms with Crippen molar-refractivity contribution in [1.29, 1.82) is 0 Å². The van der Waals surface area contributed by atoms with Gasteiger partial charge in [0.1, 0.15) is 11.9 Å². The highest BCUT2D eigenvalue weighted by Crippen LogP contribution is 2.41. The first kappa shape index (κ1) is 45.8. The third-order valence-electron chi connectivity index (χ3n) is 6.61. The molecule has 1 fully saturated rings. The topological polar surface area (TPSA) is 61.4 Å². The van der Waals surface area contributed by atoms with E-state index in [2.05, 4.69) is 33.5 Å². The van der Waals surface area contributed by atoms with Crippen LogP contribution in [0.15, 0.2) is 42.5 Å². The molecular formula is C31H41Cl4F7N4O2. The highest BCUT2D eigenvalue weighted by Gasteiger charge is 2.46. The van der Waals surface area contributed by atoms with E-state index in [1.807, 2.05) is 12.2 Å². The van der Waals surface area contributed by atoms with E-state index in [0.29, 0.717) is 37.1 Å². The van der Waals surface area contributed by atoms with Crippen LogP contribution in [0.2, 0.25) is 0 Å². The van der Waals surface area contributed by atoms with Gasteiger partial charge >= 0.3 is 18.4 Å². The van der Waals surface area contributed by atoms with E-state index in [-0.39, 0.29) is 18.5 Å². The zero-order valence-electron chi connectivity index (χ0n) is 27.7. The maximum absolute atomic E-state index is 13.7. The van der Waals surface area contributed by atoms with Crippen molar-refractivity contribution >= 4 is 52.4 Å². The fraction of sp³-hybridized carbons (Fsp3) is 0.548. The molecule has 0 spiro atoms. The summed E-state index contributed by atoms with van der Waals surface area (Å²) in [6.07, 6.45) is -8.97. The van der Waals surface area contributed by atoms with Gasteiger partial charge in [-0.2, -0.15) is 26.3 Å². The van der Waals surface area contributed by atoms with E-state index in [1.54, 1.807) is 37.8 Å². The molecular weight excluding hydrogens is 735 g/mol. The largest absolute Gasteiger partial charge is 1.00 e. The molecule has 1 aliphatic heterocycles. The van der Waals surface area contributed by atoms with Crippen LogP contribution >= 0.6 is 34.8 Å². The summed E-state index contributed by atoms with van der Waals surface area (Å²) in [6.45, 7) is 7.13. The summed E-state index contributed by atoms with van der Waals surface area (Å²) in [5.74, 6) is -0.931. The average Bonchev–Trinajstić information content (AvgIpc) is 3.26. The molecule has 0 unspecified atom stereocenters. The van der Waals surface area contributed by atoms with Crippen LogP contribution in [0.1, 0.15) is 57.2 Å². The Morgan fingerprint density at radius 3 is 1.67 bits per heavy atom. The van der Waals surface area contributed by atoms with Crippen LogP contribution in [-0.2, 0) is 22.7 Å². The minimum Gasteiger partial charge on any atom is -1.00 e. The lowest BCUT2D eigenvalue weighted by Crippen LogP contribution is -3.00. The van der Waals surface area contributed by atoms with E-state index in [1.165, 1.54) is 12.1 Å². The molecule has 2 aromatic rings. The van der Waals surface area contributed by atoms with Gasteiger partial charge in [-0.3, -0.25) is 4.79 Å². The molecule has 3 rings (SSSR count). The van der Waals surface area contributed by atoms with Crippen LogP contribution in [0.25, 0.3) is 0 Å². The Morgan fingerprint density at radius 1 is 0.875 bits per heavy atom. The number of halogens is 11. The number of carbonyl (C=O) groups is 2. The Morgan fingerprint density at radius 2 is 1.29 bits per heavy atom. The molecule has 3 amide bonds. The highest BCUT2D eigenvalue weighted by atomic mass is 35.6. The van der Waals surface area contributed by atoms with Crippen LogP contribution in [0.4, 0.5) is 41.2 Å². The molecule has 2 aromatic carbocycles. The number of hydrogen-bond acceptors (Lipinski definition) is 2. The van der Waals surface area contributed by atoms with Crippen LogP contribution in [0.5, 0.6) is 0 Å². The van der Waals surface area contributed by atoms with E-state index >= 15 is 0 Å². The van der Waals surface area contributed by atoms with Crippen molar-refractivity contribution in [1.82, 2.24) is 10.2 Å². The number of hydrogen-bond donors (Lipinski definition) is 2. The maximum atomic E-state index is 13.7. The summed E-state index contributed by atoms with van der Waals surface area (Å²) in [5.41, 5.74) is -4.91. The number of nitrogens with one attached hydrogen (secondary N) is 2. The van der Waals surface area contributed by atoms with Gasteiger partial charge in [0.2, 0.25) is 5.91 Å². The van der Waals surface area contributed by atoms with Crippen LogP contribution < -0.4 is 23.0 Å². The molecule has 274 valence electrons. The SMILES string of the molecule is CC(C)(C)[C@H](NC(=O)Nc1cc(C(F)(F)F)cc(C(F)(F)F)c1)C(=O)N1CCC[C@]1(C)c1ccc(F)cc1.C[N+](C)(C)C.ClC(Cl)Cl.[Cl-]. The number of likely N-dealkylation sites (tertiary alicyclic amines) is 1. The Labute approximate surface area is 298 Å². The second-order valence-corrected chi connectivity index (χ2v) is 15.5. The first-order valence-corrected chi connectivity index (χ1v) is 15.5. The van der Waals surface area contributed by atoms with Crippen LogP contribution in [0.3, 0.4) is 0 Å². The van der Waals surface area contributed by atoms with Crippen molar-refractivity contribution < 1.29 is 57.2 Å². The van der Waals surface area contributed by atoms with Gasteiger partial charge in [0.15, 0.2) is 4.30 Å². The number of rotatable bonds is 4. The standard InChI is InChI=1S/C26H28F7N3O2.C4H12N.CHCl3.ClH/c1-23(2,3)20(21(37)36-11-5-10-24(36,4)15-6-8-18(27)9-7-15)35-22(38)34-19-13-16(25(28,29)30)12-17(14-19)26(31,32)33;1-5(2,3)4;2-1(3)4;/h6-9,12-14,20H,5,10-11H2,1-4H3,(H2,34,35,38);1-4H3;1H;1H/q;+1;;/p-1/t20-,24-;;;/m1.../s1. The van der Waals surface area contributed by atoms with Gasteiger partial charge in [-0.15, -0.1) is 0 Å². The fourth-order valence-corrected chi connectivity index (χ4v) is 4.56. The summed E-state index contributed by atoms with van der Waals surface area (Å²) in [6, 6.07) is 4.08. The lowest BCUT2D eigenvalue weighted by atomic mass is 9.83. The molecule has 0 aliphatic carbocycles. The quantitative estimate of drug-likeness (QED) is 0.219. The number of carbonyl (C=O) groups excluding carboxylic acids is 2. The average molecular weight is 776 g/mol. The Balaban J connectivity index is 0.00000196. The first-order valence-electron chi connectivity index (χ1n) is 14.2. The van der Waals surface area contributed by atoms with Gasteiger partial charge in [-0.1, -0.05) is 67.7 Å². The molecule has 0 bridgehead atoms.